The summed E-state index contributed by atoms with van der Waals surface area (Å²) in [6.07, 6.45) is 0. The summed E-state index contributed by atoms with van der Waals surface area (Å²) < 4.78 is 0.910. The molecule has 1 aromatic carbocycles. The molecule has 16 heavy (non-hydrogen) atoms. The summed E-state index contributed by atoms with van der Waals surface area (Å²) in [5.74, 6) is -0.298. The number of hydrogen-bond donors (Lipinski definition) is 1. The number of amides is 1. The van der Waals surface area contributed by atoms with E-state index in [0.29, 0.717) is 10.6 Å². The molecular weight excluding hydrogens is 340 g/mol. The third-order valence-electron chi connectivity index (χ3n) is 1.63. The van der Waals surface area contributed by atoms with Crippen LogP contribution < -0.4 is 5.48 Å². The molecule has 0 radical (unpaired) electrons. The van der Waals surface area contributed by atoms with Gasteiger partial charge in [0.1, 0.15) is 0 Å². The van der Waals surface area contributed by atoms with Crippen molar-refractivity contribution in [2.45, 2.75) is 26.4 Å². The van der Waals surface area contributed by atoms with Crippen molar-refractivity contribution in [2.24, 2.45) is 0 Å². The highest BCUT2D eigenvalue weighted by Gasteiger charge is 2.14. The van der Waals surface area contributed by atoms with Crippen molar-refractivity contribution >= 4 is 40.1 Å². The van der Waals surface area contributed by atoms with Crippen LogP contribution in [0.3, 0.4) is 0 Å². The first-order valence-corrected chi connectivity index (χ1v) is 6.19. The number of hydroxylamine groups is 1. The average molecular weight is 354 g/mol. The quantitative estimate of drug-likeness (QED) is 0.654. The lowest BCUT2D eigenvalue weighted by Gasteiger charge is -2.18. The van der Waals surface area contributed by atoms with E-state index in [4.69, 9.17) is 16.4 Å². The smallest absolute Gasteiger partial charge is 0.268 e. The Morgan fingerprint density at radius 1 is 1.44 bits per heavy atom. The normalized spacial score (nSPS) is 11.3. The molecular formula is C11H13ClINO2. The Morgan fingerprint density at radius 3 is 2.56 bits per heavy atom. The first-order chi connectivity index (χ1) is 7.29. The van der Waals surface area contributed by atoms with Crippen molar-refractivity contribution in [1.29, 1.82) is 0 Å². The minimum Gasteiger partial charge on any atom is -0.268 e. The van der Waals surface area contributed by atoms with Crippen molar-refractivity contribution < 1.29 is 9.63 Å². The van der Waals surface area contributed by atoms with Crippen LogP contribution in [0.25, 0.3) is 0 Å². The molecule has 0 spiro atoms. The molecule has 3 nitrogen and oxygen atoms in total. The predicted molar refractivity (Wildman–Crippen MR) is 72.5 cm³/mol. The average Bonchev–Trinajstić information content (AvgIpc) is 2.17. The number of carbonyl (C=O) groups is 1. The summed E-state index contributed by atoms with van der Waals surface area (Å²) in [6, 6.07) is 5.11. The van der Waals surface area contributed by atoms with E-state index < -0.39 is 5.60 Å². The van der Waals surface area contributed by atoms with Crippen LogP contribution in [-0.4, -0.2) is 11.5 Å². The molecule has 0 aliphatic heterocycles. The van der Waals surface area contributed by atoms with E-state index in [0.717, 1.165) is 3.57 Å². The topological polar surface area (TPSA) is 38.3 Å². The minimum atomic E-state index is -0.414. The lowest BCUT2D eigenvalue weighted by molar-refractivity contribution is -0.0589. The summed E-state index contributed by atoms with van der Waals surface area (Å²) in [7, 11) is 0. The van der Waals surface area contributed by atoms with Crippen LogP contribution >= 0.6 is 34.2 Å². The zero-order valence-electron chi connectivity index (χ0n) is 9.30. The zero-order valence-corrected chi connectivity index (χ0v) is 12.2. The largest absolute Gasteiger partial charge is 0.274 e. The zero-order chi connectivity index (χ0) is 12.3. The van der Waals surface area contributed by atoms with Crippen molar-refractivity contribution in [3.05, 3.63) is 32.4 Å². The summed E-state index contributed by atoms with van der Waals surface area (Å²) in [6.45, 7) is 5.57. The van der Waals surface area contributed by atoms with E-state index >= 15 is 0 Å². The molecule has 1 rings (SSSR count). The molecule has 0 aliphatic rings. The monoisotopic (exact) mass is 353 g/mol. The number of carbonyl (C=O) groups excluding carboxylic acids is 1. The molecule has 0 saturated heterocycles. The van der Waals surface area contributed by atoms with Crippen LogP contribution in [-0.2, 0) is 4.84 Å². The highest BCUT2D eigenvalue weighted by Crippen LogP contribution is 2.19. The second-order valence-electron chi connectivity index (χ2n) is 4.27. The molecule has 0 fully saturated rings. The summed E-state index contributed by atoms with van der Waals surface area (Å²) in [5.41, 5.74) is 2.45. The van der Waals surface area contributed by atoms with Gasteiger partial charge < -0.3 is 0 Å². The Morgan fingerprint density at radius 2 is 2.06 bits per heavy atom. The van der Waals surface area contributed by atoms with Crippen molar-refractivity contribution in [3.63, 3.8) is 0 Å². The van der Waals surface area contributed by atoms with E-state index in [9.17, 15) is 4.79 Å². The molecule has 1 N–H and O–H groups in total. The molecule has 1 amide bonds. The van der Waals surface area contributed by atoms with Gasteiger partial charge in [0.25, 0.3) is 5.91 Å². The Hall–Kier alpha value is -0.330. The van der Waals surface area contributed by atoms with Crippen LogP contribution in [0.4, 0.5) is 0 Å². The maximum atomic E-state index is 11.7. The third-order valence-corrected chi connectivity index (χ3v) is 3.20. The molecule has 1 aromatic rings. The predicted octanol–water partition coefficient (Wildman–Crippen LogP) is 3.40. The fourth-order valence-electron chi connectivity index (χ4n) is 0.896. The molecule has 0 aliphatic carbocycles. The Labute approximate surface area is 114 Å². The van der Waals surface area contributed by atoms with Crippen LogP contribution in [0, 0.1) is 3.57 Å². The van der Waals surface area contributed by atoms with E-state index in [1.807, 2.05) is 20.8 Å². The maximum Gasteiger partial charge on any atom is 0.274 e. The summed E-state index contributed by atoms with van der Waals surface area (Å²) in [5, 5.41) is 0.559. The van der Waals surface area contributed by atoms with Gasteiger partial charge in [-0.1, -0.05) is 11.6 Å². The lowest BCUT2D eigenvalue weighted by Crippen LogP contribution is -2.33. The highest BCUT2D eigenvalue weighted by molar-refractivity contribution is 14.1. The van der Waals surface area contributed by atoms with Gasteiger partial charge in [0.15, 0.2) is 0 Å². The van der Waals surface area contributed by atoms with E-state index in [-0.39, 0.29) is 5.91 Å². The molecule has 0 bridgehead atoms. The Kier molecular flexibility index (Phi) is 4.58. The second-order valence-corrected chi connectivity index (χ2v) is 5.84. The molecule has 0 heterocycles. The fourth-order valence-corrected chi connectivity index (χ4v) is 1.41. The summed E-state index contributed by atoms with van der Waals surface area (Å²) >= 11 is 8.02. The first kappa shape index (κ1) is 13.7. The molecule has 0 unspecified atom stereocenters. The molecule has 88 valence electrons. The first-order valence-electron chi connectivity index (χ1n) is 4.73. The number of nitrogens with one attached hydrogen (secondary N) is 1. The van der Waals surface area contributed by atoms with Gasteiger partial charge >= 0.3 is 0 Å². The van der Waals surface area contributed by atoms with Gasteiger partial charge in [0.05, 0.1) is 10.6 Å². The van der Waals surface area contributed by atoms with Crippen LogP contribution in [0.1, 0.15) is 31.1 Å². The van der Waals surface area contributed by atoms with Gasteiger partial charge in [-0.2, -0.15) is 0 Å². The van der Waals surface area contributed by atoms with Crippen molar-refractivity contribution in [1.82, 2.24) is 5.48 Å². The highest BCUT2D eigenvalue weighted by atomic mass is 127. The number of hydrogen-bond acceptors (Lipinski definition) is 2. The fraction of sp³-hybridized carbons (Fsp3) is 0.364. The third kappa shape index (κ3) is 4.27. The number of rotatable bonds is 2. The Bertz CT molecular complexity index is 401. The van der Waals surface area contributed by atoms with Crippen LogP contribution in [0.5, 0.6) is 0 Å². The number of halogens is 2. The molecule has 5 heteroatoms. The molecule has 0 saturated carbocycles. The molecule has 0 aromatic heterocycles. The van der Waals surface area contributed by atoms with Crippen molar-refractivity contribution in [2.75, 3.05) is 0 Å². The van der Waals surface area contributed by atoms with Crippen molar-refractivity contribution in [3.8, 4) is 0 Å². The van der Waals surface area contributed by atoms with Gasteiger partial charge in [-0.15, -0.1) is 0 Å². The second kappa shape index (κ2) is 5.33. The maximum absolute atomic E-state index is 11.7. The SMILES string of the molecule is CC(C)(C)ONC(=O)c1ccc(I)c(Cl)c1. The van der Waals surface area contributed by atoms with E-state index in [2.05, 4.69) is 28.1 Å². The van der Waals surface area contributed by atoms with E-state index in [1.54, 1.807) is 18.2 Å². The van der Waals surface area contributed by atoms with Gasteiger partial charge in [0, 0.05) is 9.13 Å². The minimum absolute atomic E-state index is 0.298. The van der Waals surface area contributed by atoms with Gasteiger partial charge in [-0.05, 0) is 61.6 Å². The van der Waals surface area contributed by atoms with Crippen LogP contribution in [0.2, 0.25) is 5.02 Å². The van der Waals surface area contributed by atoms with Gasteiger partial charge in [-0.3, -0.25) is 9.63 Å². The van der Waals surface area contributed by atoms with Gasteiger partial charge in [-0.25, -0.2) is 5.48 Å². The van der Waals surface area contributed by atoms with Gasteiger partial charge in [0.2, 0.25) is 0 Å². The summed E-state index contributed by atoms with van der Waals surface area (Å²) in [4.78, 5) is 16.8. The van der Waals surface area contributed by atoms with Crippen LogP contribution in [0.15, 0.2) is 18.2 Å². The Balaban J connectivity index is 2.70. The standard InChI is InChI=1S/C11H13ClINO2/c1-11(2,3)16-14-10(15)7-4-5-9(13)8(12)6-7/h4-6H,1-3H3,(H,14,15). The lowest BCUT2D eigenvalue weighted by atomic mass is 10.2. The molecule has 0 atom stereocenters. The number of benzene rings is 1. The van der Waals surface area contributed by atoms with E-state index in [1.165, 1.54) is 0 Å².